The lowest BCUT2D eigenvalue weighted by Crippen LogP contribution is -2.42. The smallest absolute Gasteiger partial charge is 0.342 e. The maximum absolute atomic E-state index is 11.9. The Morgan fingerprint density at radius 2 is 1.96 bits per heavy atom. The summed E-state index contributed by atoms with van der Waals surface area (Å²) in [7, 11) is 0. The maximum atomic E-state index is 11.9. The van der Waals surface area contributed by atoms with Crippen molar-refractivity contribution in [3.8, 4) is 5.75 Å². The van der Waals surface area contributed by atoms with Crippen molar-refractivity contribution in [1.29, 1.82) is 0 Å². The normalized spacial score (nSPS) is 10.3. The summed E-state index contributed by atoms with van der Waals surface area (Å²) in [4.78, 5) is 34.8. The molecule has 1 rings (SSSR count). The van der Waals surface area contributed by atoms with Gasteiger partial charge in [0.15, 0.2) is 6.61 Å². The van der Waals surface area contributed by atoms with Gasteiger partial charge in [-0.25, -0.2) is 9.59 Å². The van der Waals surface area contributed by atoms with Crippen LogP contribution in [0.15, 0.2) is 16.6 Å². The summed E-state index contributed by atoms with van der Waals surface area (Å²) in [5, 5.41) is 14.4. The summed E-state index contributed by atoms with van der Waals surface area (Å²) < 4.78 is 5.14. The molecular formula is C15H19BrN2O5. The molecule has 1 aromatic carbocycles. The predicted molar refractivity (Wildman–Crippen MR) is 87.2 cm³/mol. The van der Waals surface area contributed by atoms with E-state index in [1.54, 1.807) is 13.0 Å². The van der Waals surface area contributed by atoms with Crippen LogP contribution in [0.1, 0.15) is 29.8 Å². The number of halogens is 1. The van der Waals surface area contributed by atoms with Gasteiger partial charge in [0.2, 0.25) is 0 Å². The Morgan fingerprint density at radius 3 is 2.57 bits per heavy atom. The minimum Gasteiger partial charge on any atom is -0.506 e. The van der Waals surface area contributed by atoms with Gasteiger partial charge in [0, 0.05) is 6.54 Å². The minimum absolute atomic E-state index is 0.0612. The fraction of sp³-hybridized carbons (Fsp3) is 0.400. The minimum atomic E-state index is -0.857. The number of hydrogen-bond donors (Lipinski definition) is 3. The molecule has 0 aliphatic carbocycles. The number of esters is 1. The SMILES string of the molecule is Cc1cc(Br)c(O)c(C(=O)OCC(=O)NC(=O)NCC(C)C)c1. The molecule has 0 aliphatic rings. The highest BCUT2D eigenvalue weighted by Gasteiger charge is 2.18. The molecule has 7 nitrogen and oxygen atoms in total. The van der Waals surface area contributed by atoms with Crippen molar-refractivity contribution in [3.63, 3.8) is 0 Å². The molecule has 0 radical (unpaired) electrons. The fourth-order valence-electron chi connectivity index (χ4n) is 1.60. The van der Waals surface area contributed by atoms with E-state index in [1.807, 2.05) is 19.2 Å². The van der Waals surface area contributed by atoms with Gasteiger partial charge in [-0.15, -0.1) is 0 Å². The Kier molecular flexibility index (Phi) is 7.02. The summed E-state index contributed by atoms with van der Waals surface area (Å²) in [6.45, 7) is 5.36. The van der Waals surface area contributed by atoms with Crippen LogP contribution < -0.4 is 10.6 Å². The van der Waals surface area contributed by atoms with Crippen LogP contribution >= 0.6 is 15.9 Å². The van der Waals surface area contributed by atoms with Crippen molar-refractivity contribution >= 4 is 33.8 Å². The molecule has 0 fully saturated rings. The Hall–Kier alpha value is -2.09. The largest absolute Gasteiger partial charge is 0.506 e. The Bertz CT molecular complexity index is 616. The lowest BCUT2D eigenvalue weighted by molar-refractivity contribution is -0.123. The van der Waals surface area contributed by atoms with Crippen molar-refractivity contribution in [2.24, 2.45) is 5.92 Å². The van der Waals surface area contributed by atoms with Crippen LogP contribution in [0.25, 0.3) is 0 Å². The second-order valence-electron chi connectivity index (χ2n) is 5.37. The third-order valence-corrected chi connectivity index (χ3v) is 3.29. The molecular weight excluding hydrogens is 368 g/mol. The fourth-order valence-corrected chi connectivity index (χ4v) is 2.18. The number of aryl methyl sites for hydroxylation is 1. The molecule has 3 amide bonds. The number of urea groups is 1. The third kappa shape index (κ3) is 6.27. The average molecular weight is 387 g/mol. The standard InChI is InChI=1S/C15H19BrN2O5/c1-8(2)6-17-15(22)18-12(19)7-23-14(21)10-4-9(3)5-11(16)13(10)20/h4-5,8,20H,6-7H2,1-3H3,(H2,17,18,19,22). The van der Waals surface area contributed by atoms with Gasteiger partial charge in [-0.1, -0.05) is 13.8 Å². The Labute approximate surface area is 142 Å². The molecule has 0 spiro atoms. The third-order valence-electron chi connectivity index (χ3n) is 2.69. The molecule has 0 bridgehead atoms. The Balaban J connectivity index is 2.53. The first kappa shape index (κ1) is 19.0. The number of carbonyl (C=O) groups excluding carboxylic acids is 3. The first-order valence-corrected chi connectivity index (χ1v) is 7.74. The highest BCUT2D eigenvalue weighted by molar-refractivity contribution is 9.10. The first-order valence-electron chi connectivity index (χ1n) is 6.94. The molecule has 0 saturated heterocycles. The topological polar surface area (TPSA) is 105 Å². The van der Waals surface area contributed by atoms with E-state index < -0.39 is 24.5 Å². The molecule has 3 N–H and O–H groups in total. The van der Waals surface area contributed by atoms with E-state index in [1.165, 1.54) is 6.07 Å². The van der Waals surface area contributed by atoms with Crippen LogP contribution in [-0.4, -0.2) is 36.2 Å². The second kappa shape index (κ2) is 8.52. The number of ether oxygens (including phenoxy) is 1. The zero-order valence-corrected chi connectivity index (χ0v) is 14.7. The van der Waals surface area contributed by atoms with Gasteiger partial charge >= 0.3 is 12.0 Å². The number of rotatable bonds is 5. The molecule has 0 aromatic heterocycles. The number of aromatic hydroxyl groups is 1. The first-order chi connectivity index (χ1) is 10.7. The van der Waals surface area contributed by atoms with Crippen LogP contribution in [0.5, 0.6) is 5.75 Å². The summed E-state index contributed by atoms with van der Waals surface area (Å²) >= 11 is 3.12. The van der Waals surface area contributed by atoms with E-state index in [2.05, 4.69) is 21.2 Å². The van der Waals surface area contributed by atoms with Crippen LogP contribution in [0, 0.1) is 12.8 Å². The van der Waals surface area contributed by atoms with E-state index >= 15 is 0 Å². The van der Waals surface area contributed by atoms with E-state index in [-0.39, 0.29) is 17.2 Å². The summed E-state index contributed by atoms with van der Waals surface area (Å²) in [6, 6.07) is 2.42. The highest BCUT2D eigenvalue weighted by Crippen LogP contribution is 2.29. The Morgan fingerprint density at radius 1 is 1.30 bits per heavy atom. The molecule has 8 heteroatoms. The lowest BCUT2D eigenvalue weighted by Gasteiger charge is -2.10. The average Bonchev–Trinajstić information content (AvgIpc) is 2.46. The number of phenols is 1. The molecule has 126 valence electrons. The zero-order chi connectivity index (χ0) is 17.6. The summed E-state index contributed by atoms with van der Waals surface area (Å²) in [6.07, 6.45) is 0. The van der Waals surface area contributed by atoms with E-state index in [0.717, 1.165) is 5.56 Å². The molecule has 0 aliphatic heterocycles. The quantitative estimate of drug-likeness (QED) is 0.672. The molecule has 0 heterocycles. The van der Waals surface area contributed by atoms with Gasteiger partial charge in [0.05, 0.1) is 4.47 Å². The van der Waals surface area contributed by atoms with Crippen LogP contribution in [-0.2, 0) is 9.53 Å². The van der Waals surface area contributed by atoms with Crippen LogP contribution in [0.2, 0.25) is 0 Å². The van der Waals surface area contributed by atoms with Gasteiger partial charge in [-0.2, -0.15) is 0 Å². The van der Waals surface area contributed by atoms with Gasteiger partial charge in [-0.3, -0.25) is 10.1 Å². The van der Waals surface area contributed by atoms with E-state index in [0.29, 0.717) is 11.0 Å². The van der Waals surface area contributed by atoms with Gasteiger partial charge < -0.3 is 15.2 Å². The number of hydrogen-bond acceptors (Lipinski definition) is 5. The van der Waals surface area contributed by atoms with Crippen molar-refractivity contribution in [2.75, 3.05) is 13.2 Å². The van der Waals surface area contributed by atoms with E-state index in [4.69, 9.17) is 4.74 Å². The van der Waals surface area contributed by atoms with Crippen molar-refractivity contribution in [3.05, 3.63) is 27.7 Å². The number of carbonyl (C=O) groups is 3. The highest BCUT2D eigenvalue weighted by atomic mass is 79.9. The number of phenolic OH excluding ortho intramolecular Hbond substituents is 1. The molecule has 0 unspecified atom stereocenters. The second-order valence-corrected chi connectivity index (χ2v) is 6.23. The molecule has 23 heavy (non-hydrogen) atoms. The van der Waals surface area contributed by atoms with Crippen molar-refractivity contribution in [2.45, 2.75) is 20.8 Å². The predicted octanol–water partition coefficient (Wildman–Crippen LogP) is 2.10. The number of nitrogens with one attached hydrogen (secondary N) is 2. The van der Waals surface area contributed by atoms with Crippen molar-refractivity contribution < 1.29 is 24.2 Å². The lowest BCUT2D eigenvalue weighted by atomic mass is 10.1. The van der Waals surface area contributed by atoms with Crippen LogP contribution in [0.4, 0.5) is 4.79 Å². The van der Waals surface area contributed by atoms with E-state index in [9.17, 15) is 19.5 Å². The van der Waals surface area contributed by atoms with Gasteiger partial charge in [0.1, 0.15) is 11.3 Å². The summed E-state index contributed by atoms with van der Waals surface area (Å²) in [5.74, 6) is -1.64. The summed E-state index contributed by atoms with van der Waals surface area (Å²) in [5.41, 5.74) is 0.674. The number of benzene rings is 1. The monoisotopic (exact) mass is 386 g/mol. The molecule has 0 atom stereocenters. The number of amides is 3. The zero-order valence-electron chi connectivity index (χ0n) is 13.1. The maximum Gasteiger partial charge on any atom is 0.342 e. The van der Waals surface area contributed by atoms with Gasteiger partial charge in [-0.05, 0) is 46.5 Å². The van der Waals surface area contributed by atoms with Gasteiger partial charge in [0.25, 0.3) is 5.91 Å². The molecule has 0 saturated carbocycles. The van der Waals surface area contributed by atoms with Crippen molar-refractivity contribution in [1.82, 2.24) is 10.6 Å². The molecule has 1 aromatic rings. The number of imide groups is 1. The van der Waals surface area contributed by atoms with Crippen LogP contribution in [0.3, 0.4) is 0 Å².